The summed E-state index contributed by atoms with van der Waals surface area (Å²) in [5, 5.41) is 6.29. The first-order valence-electron chi connectivity index (χ1n) is 7.98. The Morgan fingerprint density at radius 1 is 1.05 bits per heavy atom. The van der Waals surface area contributed by atoms with Crippen LogP contribution >= 0.6 is 0 Å². The van der Waals surface area contributed by atoms with Gasteiger partial charge in [-0.3, -0.25) is 4.79 Å². The molecule has 114 valence electrons. The molecule has 3 nitrogen and oxygen atoms in total. The molecule has 0 aliphatic heterocycles. The molecule has 3 heteroatoms. The van der Waals surface area contributed by atoms with Gasteiger partial charge in [0.2, 0.25) is 5.91 Å². The first kappa shape index (κ1) is 14.6. The van der Waals surface area contributed by atoms with E-state index >= 15 is 0 Å². The lowest BCUT2D eigenvalue weighted by molar-refractivity contribution is -0.120. The Kier molecular flexibility index (Phi) is 4.42. The maximum atomic E-state index is 12.5. The number of fused-ring (bicyclic) bond motifs is 1. The van der Waals surface area contributed by atoms with Gasteiger partial charge in [-0.2, -0.15) is 0 Å². The standard InChI is InChI=1S/C19H22N2O/c1-2-20-17-9-11-18(12-10-17)21-19(22)16-8-7-14-5-3-4-6-15(14)13-16/h3-6,9-12,16,20H,2,7-8,13H2,1H3,(H,21,22). The molecule has 0 fully saturated rings. The molecule has 0 radical (unpaired) electrons. The molecule has 1 aliphatic carbocycles. The Bertz CT molecular complexity index is 649. The summed E-state index contributed by atoms with van der Waals surface area (Å²) in [4.78, 5) is 12.5. The first-order chi connectivity index (χ1) is 10.8. The van der Waals surface area contributed by atoms with Crippen LogP contribution in [0.15, 0.2) is 48.5 Å². The average molecular weight is 294 g/mol. The van der Waals surface area contributed by atoms with E-state index in [1.54, 1.807) is 0 Å². The molecule has 2 N–H and O–H groups in total. The molecule has 0 aromatic heterocycles. The maximum absolute atomic E-state index is 12.5. The van der Waals surface area contributed by atoms with Crippen molar-refractivity contribution in [2.45, 2.75) is 26.2 Å². The van der Waals surface area contributed by atoms with Crippen molar-refractivity contribution in [1.82, 2.24) is 0 Å². The highest BCUT2D eigenvalue weighted by molar-refractivity contribution is 5.93. The van der Waals surface area contributed by atoms with Gasteiger partial charge in [0.15, 0.2) is 0 Å². The Balaban J connectivity index is 1.63. The van der Waals surface area contributed by atoms with Crippen molar-refractivity contribution in [3.63, 3.8) is 0 Å². The molecule has 1 atom stereocenters. The van der Waals surface area contributed by atoms with E-state index in [0.717, 1.165) is 37.2 Å². The van der Waals surface area contributed by atoms with Crippen molar-refractivity contribution >= 4 is 17.3 Å². The molecule has 1 aliphatic rings. The van der Waals surface area contributed by atoms with E-state index in [4.69, 9.17) is 0 Å². The number of benzene rings is 2. The van der Waals surface area contributed by atoms with Gasteiger partial charge in [-0.05, 0) is 61.6 Å². The van der Waals surface area contributed by atoms with E-state index < -0.39 is 0 Å². The Labute approximate surface area is 131 Å². The number of hydrogen-bond acceptors (Lipinski definition) is 2. The fourth-order valence-corrected chi connectivity index (χ4v) is 3.04. The van der Waals surface area contributed by atoms with Gasteiger partial charge in [-0.1, -0.05) is 24.3 Å². The summed E-state index contributed by atoms with van der Waals surface area (Å²) in [7, 11) is 0. The lowest BCUT2D eigenvalue weighted by Crippen LogP contribution is -2.28. The van der Waals surface area contributed by atoms with Crippen molar-refractivity contribution in [2.75, 3.05) is 17.2 Å². The second-order valence-electron chi connectivity index (χ2n) is 5.81. The van der Waals surface area contributed by atoms with Crippen LogP contribution in [-0.4, -0.2) is 12.5 Å². The molecule has 0 heterocycles. The zero-order valence-corrected chi connectivity index (χ0v) is 12.9. The lowest BCUT2D eigenvalue weighted by atomic mass is 9.83. The van der Waals surface area contributed by atoms with E-state index in [2.05, 4.69) is 41.8 Å². The average Bonchev–Trinajstić information content (AvgIpc) is 2.56. The van der Waals surface area contributed by atoms with Gasteiger partial charge >= 0.3 is 0 Å². The highest BCUT2D eigenvalue weighted by Gasteiger charge is 2.24. The molecule has 0 saturated heterocycles. The summed E-state index contributed by atoms with van der Waals surface area (Å²) in [5.41, 5.74) is 4.65. The number of rotatable bonds is 4. The SMILES string of the molecule is CCNc1ccc(NC(=O)C2CCc3ccccc3C2)cc1. The minimum absolute atomic E-state index is 0.0725. The van der Waals surface area contributed by atoms with Crippen LogP contribution in [0.5, 0.6) is 0 Å². The minimum Gasteiger partial charge on any atom is -0.385 e. The van der Waals surface area contributed by atoms with Crippen LogP contribution in [0.1, 0.15) is 24.5 Å². The van der Waals surface area contributed by atoms with Gasteiger partial charge in [-0.25, -0.2) is 0 Å². The third-order valence-electron chi connectivity index (χ3n) is 4.25. The molecule has 2 aromatic rings. The molecule has 2 aromatic carbocycles. The fourth-order valence-electron chi connectivity index (χ4n) is 3.04. The summed E-state index contributed by atoms with van der Waals surface area (Å²) in [6, 6.07) is 16.3. The molecule has 0 saturated carbocycles. The molecule has 1 amide bonds. The summed E-state index contributed by atoms with van der Waals surface area (Å²) < 4.78 is 0. The normalized spacial score (nSPS) is 16.7. The fraction of sp³-hybridized carbons (Fsp3) is 0.316. The van der Waals surface area contributed by atoms with Crippen molar-refractivity contribution in [3.8, 4) is 0 Å². The largest absolute Gasteiger partial charge is 0.385 e. The van der Waals surface area contributed by atoms with Crippen molar-refractivity contribution in [3.05, 3.63) is 59.7 Å². The van der Waals surface area contributed by atoms with Crippen LogP contribution in [0.3, 0.4) is 0 Å². The van der Waals surface area contributed by atoms with Crippen molar-refractivity contribution < 1.29 is 4.79 Å². The van der Waals surface area contributed by atoms with E-state index in [1.807, 2.05) is 24.3 Å². The lowest BCUT2D eigenvalue weighted by Gasteiger charge is -2.23. The van der Waals surface area contributed by atoms with Crippen LogP contribution < -0.4 is 10.6 Å². The molecular weight excluding hydrogens is 272 g/mol. The Morgan fingerprint density at radius 3 is 2.45 bits per heavy atom. The molecular formula is C19H22N2O. The van der Waals surface area contributed by atoms with Gasteiger partial charge < -0.3 is 10.6 Å². The number of anilines is 2. The summed E-state index contributed by atoms with van der Waals surface area (Å²) in [6.07, 6.45) is 2.77. The van der Waals surface area contributed by atoms with E-state index in [1.165, 1.54) is 11.1 Å². The molecule has 0 spiro atoms. The molecule has 22 heavy (non-hydrogen) atoms. The predicted molar refractivity (Wildman–Crippen MR) is 91.2 cm³/mol. The van der Waals surface area contributed by atoms with Gasteiger partial charge in [0.05, 0.1) is 0 Å². The van der Waals surface area contributed by atoms with E-state index in [-0.39, 0.29) is 11.8 Å². The number of carbonyl (C=O) groups excluding carboxylic acids is 1. The quantitative estimate of drug-likeness (QED) is 0.899. The van der Waals surface area contributed by atoms with Gasteiger partial charge in [0.25, 0.3) is 0 Å². The Morgan fingerprint density at radius 2 is 1.73 bits per heavy atom. The van der Waals surface area contributed by atoms with Crippen LogP contribution in [0.2, 0.25) is 0 Å². The Hall–Kier alpha value is -2.29. The van der Waals surface area contributed by atoms with Crippen molar-refractivity contribution in [2.24, 2.45) is 5.92 Å². The second kappa shape index (κ2) is 6.65. The van der Waals surface area contributed by atoms with Crippen LogP contribution in [0.25, 0.3) is 0 Å². The number of amides is 1. The van der Waals surface area contributed by atoms with Crippen LogP contribution in [0, 0.1) is 5.92 Å². The predicted octanol–water partition coefficient (Wildman–Crippen LogP) is 3.86. The summed E-state index contributed by atoms with van der Waals surface area (Å²) in [6.45, 7) is 2.96. The smallest absolute Gasteiger partial charge is 0.227 e. The number of nitrogens with one attached hydrogen (secondary N) is 2. The maximum Gasteiger partial charge on any atom is 0.227 e. The van der Waals surface area contributed by atoms with Crippen LogP contribution in [-0.2, 0) is 17.6 Å². The number of carbonyl (C=O) groups is 1. The first-order valence-corrected chi connectivity index (χ1v) is 7.98. The highest BCUT2D eigenvalue weighted by atomic mass is 16.1. The van der Waals surface area contributed by atoms with Gasteiger partial charge in [0.1, 0.15) is 0 Å². The van der Waals surface area contributed by atoms with Gasteiger partial charge in [-0.15, -0.1) is 0 Å². The zero-order chi connectivity index (χ0) is 15.4. The third-order valence-corrected chi connectivity index (χ3v) is 4.25. The van der Waals surface area contributed by atoms with Gasteiger partial charge in [0, 0.05) is 23.8 Å². The number of hydrogen-bond donors (Lipinski definition) is 2. The topological polar surface area (TPSA) is 41.1 Å². The monoisotopic (exact) mass is 294 g/mol. The molecule has 1 unspecified atom stereocenters. The minimum atomic E-state index is 0.0725. The summed E-state index contributed by atoms with van der Waals surface area (Å²) in [5.74, 6) is 0.203. The van der Waals surface area contributed by atoms with Crippen LogP contribution in [0.4, 0.5) is 11.4 Å². The highest BCUT2D eigenvalue weighted by Crippen LogP contribution is 2.26. The van der Waals surface area contributed by atoms with Crippen molar-refractivity contribution in [1.29, 1.82) is 0 Å². The molecule has 0 bridgehead atoms. The third kappa shape index (κ3) is 3.30. The second-order valence-corrected chi connectivity index (χ2v) is 5.81. The summed E-state index contributed by atoms with van der Waals surface area (Å²) >= 11 is 0. The number of aryl methyl sites for hydroxylation is 1. The van der Waals surface area contributed by atoms with E-state index in [9.17, 15) is 4.79 Å². The van der Waals surface area contributed by atoms with E-state index in [0.29, 0.717) is 0 Å². The molecule has 3 rings (SSSR count). The zero-order valence-electron chi connectivity index (χ0n) is 12.9.